The number of nitro benzene ring substituents is 1. The number of aryl methyl sites for hydroxylation is 1. The largest absolute Gasteiger partial charge is 0.490 e. The summed E-state index contributed by atoms with van der Waals surface area (Å²) >= 11 is 0. The van der Waals surface area contributed by atoms with Crippen LogP contribution in [0.25, 0.3) is 0 Å². The normalized spacial score (nSPS) is 10.9. The van der Waals surface area contributed by atoms with Crippen molar-refractivity contribution in [1.29, 1.82) is 0 Å². The van der Waals surface area contributed by atoms with E-state index in [1.165, 1.54) is 55.6 Å². The number of benzene rings is 3. The number of hydrogen-bond acceptors (Lipinski definition) is 8. The van der Waals surface area contributed by atoms with E-state index in [-0.39, 0.29) is 39.1 Å². The molecule has 3 aromatic rings. The van der Waals surface area contributed by atoms with Crippen molar-refractivity contribution in [2.24, 2.45) is 0 Å². The van der Waals surface area contributed by atoms with Crippen molar-refractivity contribution in [2.75, 3.05) is 18.9 Å². The summed E-state index contributed by atoms with van der Waals surface area (Å²) in [6.45, 7) is 1.83. The van der Waals surface area contributed by atoms with Gasteiger partial charge in [-0.25, -0.2) is 13.2 Å². The zero-order valence-electron chi connectivity index (χ0n) is 17.9. The maximum atomic E-state index is 12.7. The Bertz CT molecular complexity index is 1300. The third kappa shape index (κ3) is 5.39. The van der Waals surface area contributed by atoms with Crippen LogP contribution in [0.15, 0.2) is 65.6 Å². The average Bonchev–Trinajstić information content (AvgIpc) is 2.79. The Morgan fingerprint density at radius 3 is 2.21 bits per heavy atom. The van der Waals surface area contributed by atoms with E-state index in [0.717, 1.165) is 12.7 Å². The number of nitrogens with one attached hydrogen (secondary N) is 1. The van der Waals surface area contributed by atoms with Gasteiger partial charge in [0.1, 0.15) is 11.5 Å². The standard InChI is InChI=1S/C22H20N2O8S/c1-14-4-8-17(9-5-14)33(28,29)23-19-10-6-15(12-18(19)22(25)31-3)32-16-7-11-20(24(26)27)21(13-16)30-2/h4-13,23H,1-3H3. The van der Waals surface area contributed by atoms with Crippen LogP contribution in [0.4, 0.5) is 11.4 Å². The van der Waals surface area contributed by atoms with Gasteiger partial charge in [0.2, 0.25) is 5.75 Å². The van der Waals surface area contributed by atoms with Gasteiger partial charge in [-0.05, 0) is 43.3 Å². The van der Waals surface area contributed by atoms with Gasteiger partial charge in [-0.1, -0.05) is 17.7 Å². The van der Waals surface area contributed by atoms with Crippen molar-refractivity contribution >= 4 is 27.4 Å². The van der Waals surface area contributed by atoms with E-state index in [0.29, 0.717) is 0 Å². The molecule has 172 valence electrons. The number of nitrogens with zero attached hydrogens (tertiary/aromatic N) is 1. The van der Waals surface area contributed by atoms with Gasteiger partial charge in [0, 0.05) is 12.1 Å². The molecule has 0 unspecified atom stereocenters. The highest BCUT2D eigenvalue weighted by Gasteiger charge is 2.21. The molecule has 0 heterocycles. The molecule has 1 N–H and O–H groups in total. The van der Waals surface area contributed by atoms with Crippen LogP contribution in [0, 0.1) is 17.0 Å². The third-order valence-electron chi connectivity index (χ3n) is 4.56. The van der Waals surface area contributed by atoms with Crippen LogP contribution in [0.3, 0.4) is 0 Å². The average molecular weight is 472 g/mol. The van der Waals surface area contributed by atoms with Crippen molar-refractivity contribution in [3.05, 3.63) is 81.9 Å². The van der Waals surface area contributed by atoms with Crippen LogP contribution in [0.2, 0.25) is 0 Å². The summed E-state index contributed by atoms with van der Waals surface area (Å²) in [5, 5.41) is 11.1. The van der Waals surface area contributed by atoms with Crippen molar-refractivity contribution in [3.63, 3.8) is 0 Å². The Balaban J connectivity index is 1.93. The van der Waals surface area contributed by atoms with Gasteiger partial charge < -0.3 is 14.2 Å². The molecule has 0 aliphatic rings. The van der Waals surface area contributed by atoms with Crippen LogP contribution < -0.4 is 14.2 Å². The van der Waals surface area contributed by atoms with Crippen molar-refractivity contribution in [2.45, 2.75) is 11.8 Å². The lowest BCUT2D eigenvalue weighted by molar-refractivity contribution is -0.385. The topological polar surface area (TPSA) is 134 Å². The van der Waals surface area contributed by atoms with Crippen LogP contribution in [0.5, 0.6) is 17.2 Å². The lowest BCUT2D eigenvalue weighted by atomic mass is 10.1. The number of carbonyl (C=O) groups excluding carboxylic acids is 1. The van der Waals surface area contributed by atoms with Crippen LogP contribution >= 0.6 is 0 Å². The fourth-order valence-corrected chi connectivity index (χ4v) is 3.96. The Morgan fingerprint density at radius 1 is 0.970 bits per heavy atom. The number of sulfonamides is 1. The number of hydrogen-bond donors (Lipinski definition) is 1. The minimum absolute atomic E-state index is 0.00365. The van der Waals surface area contributed by atoms with E-state index in [4.69, 9.17) is 14.2 Å². The molecule has 0 spiro atoms. The van der Waals surface area contributed by atoms with Crippen LogP contribution in [0.1, 0.15) is 15.9 Å². The van der Waals surface area contributed by atoms with E-state index >= 15 is 0 Å². The fourth-order valence-electron chi connectivity index (χ4n) is 2.88. The van der Waals surface area contributed by atoms with E-state index in [9.17, 15) is 23.3 Å². The van der Waals surface area contributed by atoms with Crippen molar-refractivity contribution in [1.82, 2.24) is 0 Å². The van der Waals surface area contributed by atoms with E-state index in [1.54, 1.807) is 12.1 Å². The number of anilines is 1. The second-order valence-electron chi connectivity index (χ2n) is 6.81. The smallest absolute Gasteiger partial charge is 0.340 e. The highest BCUT2D eigenvalue weighted by atomic mass is 32.2. The lowest BCUT2D eigenvalue weighted by Gasteiger charge is -2.14. The van der Waals surface area contributed by atoms with Gasteiger partial charge in [0.05, 0.1) is 35.3 Å². The third-order valence-corrected chi connectivity index (χ3v) is 5.94. The fraction of sp³-hybridized carbons (Fsp3) is 0.136. The highest BCUT2D eigenvalue weighted by molar-refractivity contribution is 7.92. The molecule has 0 aliphatic heterocycles. The van der Waals surface area contributed by atoms with E-state index in [1.807, 2.05) is 6.92 Å². The van der Waals surface area contributed by atoms with Gasteiger partial charge in [-0.3, -0.25) is 14.8 Å². The monoisotopic (exact) mass is 472 g/mol. The first-order valence-corrected chi connectivity index (χ1v) is 10.9. The first-order chi connectivity index (χ1) is 15.6. The maximum absolute atomic E-state index is 12.7. The highest BCUT2D eigenvalue weighted by Crippen LogP contribution is 2.34. The van der Waals surface area contributed by atoms with E-state index in [2.05, 4.69) is 4.72 Å². The molecule has 0 bridgehead atoms. The summed E-state index contributed by atoms with van der Waals surface area (Å²) in [5.41, 5.74) is 0.574. The predicted octanol–water partition coefficient (Wildman–Crippen LogP) is 4.29. The molecule has 3 rings (SSSR count). The number of nitro groups is 1. The van der Waals surface area contributed by atoms with Gasteiger partial charge in [0.25, 0.3) is 10.0 Å². The second kappa shape index (κ2) is 9.57. The zero-order valence-corrected chi connectivity index (χ0v) is 18.7. The number of ether oxygens (including phenoxy) is 3. The van der Waals surface area contributed by atoms with E-state index < -0.39 is 20.9 Å². The first kappa shape index (κ1) is 23.5. The van der Waals surface area contributed by atoms with Crippen LogP contribution in [-0.2, 0) is 14.8 Å². The molecule has 0 radical (unpaired) electrons. The summed E-state index contributed by atoms with van der Waals surface area (Å²) in [6, 6.07) is 14.2. The quantitative estimate of drug-likeness (QED) is 0.291. The molecule has 0 atom stereocenters. The molecular formula is C22H20N2O8S. The molecule has 0 aromatic heterocycles. The Morgan fingerprint density at radius 2 is 1.61 bits per heavy atom. The summed E-state index contributed by atoms with van der Waals surface area (Å²) in [6.07, 6.45) is 0. The van der Waals surface area contributed by atoms with Gasteiger partial charge >= 0.3 is 11.7 Å². The number of carbonyl (C=O) groups is 1. The molecule has 11 heteroatoms. The van der Waals surface area contributed by atoms with Gasteiger partial charge in [-0.2, -0.15) is 0 Å². The molecule has 0 fully saturated rings. The second-order valence-corrected chi connectivity index (χ2v) is 8.49. The Hall–Kier alpha value is -4.12. The molecule has 33 heavy (non-hydrogen) atoms. The van der Waals surface area contributed by atoms with Crippen LogP contribution in [-0.4, -0.2) is 33.5 Å². The maximum Gasteiger partial charge on any atom is 0.340 e. The number of methoxy groups -OCH3 is 2. The van der Waals surface area contributed by atoms with Gasteiger partial charge in [0.15, 0.2) is 0 Å². The molecule has 0 aliphatic carbocycles. The number of rotatable bonds is 8. The lowest BCUT2D eigenvalue weighted by Crippen LogP contribution is -2.16. The summed E-state index contributed by atoms with van der Waals surface area (Å²) in [4.78, 5) is 22.8. The molecule has 0 amide bonds. The predicted molar refractivity (Wildman–Crippen MR) is 119 cm³/mol. The SMILES string of the molecule is COC(=O)c1cc(Oc2ccc([N+](=O)[O-])c(OC)c2)ccc1NS(=O)(=O)c1ccc(C)cc1. The number of esters is 1. The molecule has 10 nitrogen and oxygen atoms in total. The molecule has 3 aromatic carbocycles. The van der Waals surface area contributed by atoms with Gasteiger partial charge in [-0.15, -0.1) is 0 Å². The minimum atomic E-state index is -3.97. The first-order valence-electron chi connectivity index (χ1n) is 9.46. The minimum Gasteiger partial charge on any atom is -0.490 e. The summed E-state index contributed by atoms with van der Waals surface area (Å²) in [5.74, 6) is -0.414. The van der Waals surface area contributed by atoms with Crippen molar-refractivity contribution < 1.29 is 32.3 Å². The van der Waals surface area contributed by atoms with Crippen molar-refractivity contribution in [3.8, 4) is 17.2 Å². The Kier molecular flexibility index (Phi) is 6.83. The molecular weight excluding hydrogens is 452 g/mol. The summed E-state index contributed by atoms with van der Waals surface area (Å²) < 4.78 is 43.4. The Labute approximate surface area is 189 Å². The molecule has 0 saturated carbocycles. The molecule has 0 saturated heterocycles. The summed E-state index contributed by atoms with van der Waals surface area (Å²) in [7, 11) is -1.52. The zero-order chi connectivity index (χ0) is 24.2.